The Labute approximate surface area is 156 Å². The number of nitrogen functional groups attached to an aromatic ring is 1. The molecule has 0 radical (unpaired) electrons. The highest BCUT2D eigenvalue weighted by Gasteiger charge is 2.15. The number of rotatable bonds is 5. The van der Waals surface area contributed by atoms with Gasteiger partial charge >= 0.3 is 0 Å². The lowest BCUT2D eigenvalue weighted by molar-refractivity contribution is 0.0959. The number of methoxy groups -OCH3 is 1. The monoisotopic (exact) mass is 365 g/mol. The predicted octanol–water partition coefficient (Wildman–Crippen LogP) is 4.16. The molecular weight excluding hydrogens is 346 g/mol. The van der Waals surface area contributed by atoms with Crippen molar-refractivity contribution in [3.8, 4) is 16.2 Å². The number of nitrogens with one attached hydrogen (secondary N) is 1. The zero-order chi connectivity index (χ0) is 18.5. The molecule has 6 heteroatoms. The Morgan fingerprint density at radius 1 is 1.12 bits per heavy atom. The van der Waals surface area contributed by atoms with Crippen LogP contribution in [0.3, 0.4) is 0 Å². The van der Waals surface area contributed by atoms with Crippen LogP contribution in [0.25, 0.3) is 10.4 Å². The standard InChI is InChI=1S/C20H19N3O2S/c1-13(14-6-4-3-5-7-14)22-23-20(24)19-17(21)12-18(26-19)15-8-10-16(25-2)11-9-15/h3-12H,21H2,1-2H3,(H,23,24)/b22-13-. The van der Waals surface area contributed by atoms with Gasteiger partial charge in [0.05, 0.1) is 18.5 Å². The molecule has 0 aliphatic rings. The molecule has 5 nitrogen and oxygen atoms in total. The van der Waals surface area contributed by atoms with Crippen molar-refractivity contribution in [1.29, 1.82) is 0 Å². The molecule has 2 aromatic carbocycles. The first-order valence-corrected chi connectivity index (χ1v) is 8.84. The third-order valence-corrected chi connectivity index (χ3v) is 5.06. The summed E-state index contributed by atoms with van der Waals surface area (Å²) in [7, 11) is 1.62. The summed E-state index contributed by atoms with van der Waals surface area (Å²) in [5, 5.41) is 4.17. The van der Waals surface area contributed by atoms with Gasteiger partial charge in [0.15, 0.2) is 0 Å². The molecule has 1 aromatic heterocycles. The van der Waals surface area contributed by atoms with Crippen LogP contribution < -0.4 is 15.9 Å². The van der Waals surface area contributed by atoms with Gasteiger partial charge in [0.25, 0.3) is 5.91 Å². The van der Waals surface area contributed by atoms with E-state index >= 15 is 0 Å². The highest BCUT2D eigenvalue weighted by atomic mass is 32.1. The van der Waals surface area contributed by atoms with Crippen molar-refractivity contribution in [3.63, 3.8) is 0 Å². The van der Waals surface area contributed by atoms with Crippen molar-refractivity contribution in [2.75, 3.05) is 12.8 Å². The van der Waals surface area contributed by atoms with E-state index in [9.17, 15) is 4.79 Å². The molecule has 3 N–H and O–H groups in total. The van der Waals surface area contributed by atoms with E-state index in [2.05, 4.69) is 10.5 Å². The van der Waals surface area contributed by atoms with E-state index in [0.717, 1.165) is 27.5 Å². The number of carbonyl (C=O) groups is 1. The molecule has 0 atom stereocenters. The van der Waals surface area contributed by atoms with E-state index in [1.807, 2.05) is 61.5 Å². The smallest absolute Gasteiger partial charge is 0.283 e. The fourth-order valence-corrected chi connectivity index (χ4v) is 3.38. The molecule has 0 saturated carbocycles. The molecule has 3 aromatic rings. The van der Waals surface area contributed by atoms with Crippen molar-refractivity contribution < 1.29 is 9.53 Å². The molecule has 1 heterocycles. The van der Waals surface area contributed by atoms with Gasteiger partial charge in [0, 0.05) is 4.88 Å². The largest absolute Gasteiger partial charge is 0.497 e. The van der Waals surface area contributed by atoms with Crippen LogP contribution in [0.5, 0.6) is 5.75 Å². The Kier molecular flexibility index (Phi) is 5.34. The number of amides is 1. The van der Waals surface area contributed by atoms with Gasteiger partial charge < -0.3 is 10.5 Å². The zero-order valence-corrected chi connectivity index (χ0v) is 15.3. The topological polar surface area (TPSA) is 76.7 Å². The molecule has 3 rings (SSSR count). The number of hydrazone groups is 1. The van der Waals surface area contributed by atoms with Gasteiger partial charge in [-0.05, 0) is 48.4 Å². The molecule has 132 valence electrons. The van der Waals surface area contributed by atoms with Crippen LogP contribution in [0, 0.1) is 0 Å². The summed E-state index contributed by atoms with van der Waals surface area (Å²) in [5.41, 5.74) is 11.7. The second-order valence-corrected chi connectivity index (χ2v) is 6.68. The molecule has 1 amide bonds. The quantitative estimate of drug-likeness (QED) is 0.526. The van der Waals surface area contributed by atoms with Crippen LogP contribution >= 0.6 is 11.3 Å². The fraction of sp³-hybridized carbons (Fsp3) is 0.100. The molecular formula is C20H19N3O2S. The zero-order valence-electron chi connectivity index (χ0n) is 14.5. The molecule has 0 aliphatic carbocycles. The summed E-state index contributed by atoms with van der Waals surface area (Å²) in [6.45, 7) is 1.84. The molecule has 0 bridgehead atoms. The molecule has 0 aliphatic heterocycles. The van der Waals surface area contributed by atoms with E-state index in [1.165, 1.54) is 11.3 Å². The van der Waals surface area contributed by atoms with Crippen LogP contribution in [0.15, 0.2) is 65.8 Å². The Bertz CT molecular complexity index is 931. The summed E-state index contributed by atoms with van der Waals surface area (Å²) in [6.07, 6.45) is 0. The van der Waals surface area contributed by atoms with Gasteiger partial charge in [-0.1, -0.05) is 30.3 Å². The Morgan fingerprint density at radius 3 is 2.46 bits per heavy atom. The summed E-state index contributed by atoms with van der Waals surface area (Å²) in [4.78, 5) is 13.8. The van der Waals surface area contributed by atoms with Crippen LogP contribution in [-0.4, -0.2) is 18.7 Å². The average Bonchev–Trinajstić information content (AvgIpc) is 3.08. The number of hydrogen-bond donors (Lipinski definition) is 2. The van der Waals surface area contributed by atoms with E-state index in [0.29, 0.717) is 10.6 Å². The Morgan fingerprint density at radius 2 is 1.81 bits per heavy atom. The first-order chi connectivity index (χ1) is 12.6. The van der Waals surface area contributed by atoms with Gasteiger partial charge in [-0.15, -0.1) is 11.3 Å². The number of anilines is 1. The maximum atomic E-state index is 12.4. The van der Waals surface area contributed by atoms with Gasteiger partial charge in [0.1, 0.15) is 10.6 Å². The second-order valence-electron chi connectivity index (χ2n) is 5.63. The summed E-state index contributed by atoms with van der Waals surface area (Å²) in [6, 6.07) is 19.1. The average molecular weight is 365 g/mol. The number of ether oxygens (including phenoxy) is 1. The van der Waals surface area contributed by atoms with Crippen LogP contribution in [-0.2, 0) is 0 Å². The third-order valence-electron chi connectivity index (χ3n) is 3.86. The molecule has 0 unspecified atom stereocenters. The highest BCUT2D eigenvalue weighted by molar-refractivity contribution is 7.18. The van der Waals surface area contributed by atoms with Crippen molar-refractivity contribution in [3.05, 3.63) is 71.1 Å². The number of nitrogens with two attached hydrogens (primary N) is 1. The van der Waals surface area contributed by atoms with E-state index in [4.69, 9.17) is 10.5 Å². The minimum absolute atomic E-state index is 0.317. The lowest BCUT2D eigenvalue weighted by atomic mass is 10.1. The first kappa shape index (κ1) is 17.7. The van der Waals surface area contributed by atoms with Crippen molar-refractivity contribution >= 4 is 28.6 Å². The Balaban J connectivity index is 1.76. The Hall–Kier alpha value is -3.12. The van der Waals surface area contributed by atoms with Gasteiger partial charge in [-0.3, -0.25) is 4.79 Å². The van der Waals surface area contributed by atoms with E-state index in [-0.39, 0.29) is 5.91 Å². The minimum Gasteiger partial charge on any atom is -0.497 e. The maximum absolute atomic E-state index is 12.4. The number of hydrogen-bond acceptors (Lipinski definition) is 5. The number of thiophene rings is 1. The summed E-state index contributed by atoms with van der Waals surface area (Å²) >= 11 is 1.33. The van der Waals surface area contributed by atoms with Crippen LogP contribution in [0.2, 0.25) is 0 Å². The molecule has 26 heavy (non-hydrogen) atoms. The summed E-state index contributed by atoms with van der Waals surface area (Å²) in [5.74, 6) is 0.463. The number of carbonyl (C=O) groups excluding carboxylic acids is 1. The SMILES string of the molecule is COc1ccc(-c2cc(N)c(C(=O)N/N=C(/C)c3ccccc3)s2)cc1. The van der Waals surface area contributed by atoms with Crippen molar-refractivity contribution in [1.82, 2.24) is 5.43 Å². The van der Waals surface area contributed by atoms with Crippen LogP contribution in [0.1, 0.15) is 22.2 Å². The first-order valence-electron chi connectivity index (χ1n) is 8.02. The third kappa shape index (κ3) is 3.92. The number of nitrogens with zero attached hydrogens (tertiary/aromatic N) is 1. The van der Waals surface area contributed by atoms with Gasteiger partial charge in [-0.25, -0.2) is 5.43 Å². The lowest BCUT2D eigenvalue weighted by Crippen LogP contribution is -2.19. The van der Waals surface area contributed by atoms with Crippen molar-refractivity contribution in [2.45, 2.75) is 6.92 Å². The number of benzene rings is 2. The molecule has 0 spiro atoms. The fourth-order valence-electron chi connectivity index (χ4n) is 2.41. The molecule has 0 fully saturated rings. The lowest BCUT2D eigenvalue weighted by Gasteiger charge is -2.02. The normalized spacial score (nSPS) is 11.2. The van der Waals surface area contributed by atoms with Gasteiger partial charge in [-0.2, -0.15) is 5.10 Å². The second kappa shape index (κ2) is 7.84. The minimum atomic E-state index is -0.317. The van der Waals surface area contributed by atoms with E-state index in [1.54, 1.807) is 13.2 Å². The molecule has 0 saturated heterocycles. The van der Waals surface area contributed by atoms with Crippen LogP contribution in [0.4, 0.5) is 5.69 Å². The van der Waals surface area contributed by atoms with Crippen molar-refractivity contribution in [2.24, 2.45) is 5.10 Å². The summed E-state index contributed by atoms with van der Waals surface area (Å²) < 4.78 is 5.16. The maximum Gasteiger partial charge on any atom is 0.283 e. The highest BCUT2D eigenvalue weighted by Crippen LogP contribution is 2.33. The predicted molar refractivity (Wildman–Crippen MR) is 107 cm³/mol. The van der Waals surface area contributed by atoms with Gasteiger partial charge in [0.2, 0.25) is 0 Å². The van der Waals surface area contributed by atoms with E-state index < -0.39 is 0 Å².